The van der Waals surface area contributed by atoms with Gasteiger partial charge in [-0.25, -0.2) is 0 Å². The van der Waals surface area contributed by atoms with Gasteiger partial charge in [0, 0.05) is 13.1 Å². The Bertz CT molecular complexity index is 311. The molecule has 2 fully saturated rings. The summed E-state index contributed by atoms with van der Waals surface area (Å²) in [7, 11) is 0. The summed E-state index contributed by atoms with van der Waals surface area (Å²) in [6.45, 7) is 7.55. The Morgan fingerprint density at radius 3 is 2.78 bits per heavy atom. The van der Waals surface area contributed by atoms with Gasteiger partial charge in [-0.1, -0.05) is 6.42 Å². The molecule has 0 aromatic carbocycles. The van der Waals surface area contributed by atoms with Gasteiger partial charge in [-0.3, -0.25) is 4.79 Å². The molecule has 3 unspecified atom stereocenters. The molecule has 1 saturated heterocycles. The molecule has 3 atom stereocenters. The quantitative estimate of drug-likeness (QED) is 0.787. The minimum absolute atomic E-state index is 0.0141. The molecule has 4 heteroatoms. The van der Waals surface area contributed by atoms with Gasteiger partial charge < -0.3 is 15.3 Å². The van der Waals surface area contributed by atoms with Gasteiger partial charge in [-0.15, -0.1) is 0 Å². The molecule has 0 bridgehead atoms. The van der Waals surface area contributed by atoms with Crippen LogP contribution in [0, 0.1) is 11.8 Å². The lowest BCUT2D eigenvalue weighted by Crippen LogP contribution is -2.50. The number of amides is 1. The van der Waals surface area contributed by atoms with Crippen molar-refractivity contribution in [3.05, 3.63) is 0 Å². The Morgan fingerprint density at radius 2 is 2.17 bits per heavy atom. The minimum atomic E-state index is -0.820. The lowest BCUT2D eigenvalue weighted by atomic mass is 9.93. The first-order valence-corrected chi connectivity index (χ1v) is 7.17. The molecule has 0 aromatic heterocycles. The Labute approximate surface area is 110 Å². The number of nitrogens with one attached hydrogen (secondary N) is 1. The molecule has 2 aliphatic rings. The monoisotopic (exact) mass is 254 g/mol. The molecule has 104 valence electrons. The van der Waals surface area contributed by atoms with Crippen molar-refractivity contribution in [2.75, 3.05) is 19.6 Å². The summed E-state index contributed by atoms with van der Waals surface area (Å²) >= 11 is 0. The van der Waals surface area contributed by atoms with E-state index < -0.39 is 5.60 Å². The molecular formula is C14H26N2O2. The van der Waals surface area contributed by atoms with E-state index in [2.05, 4.69) is 5.32 Å². The van der Waals surface area contributed by atoms with Crippen molar-refractivity contribution in [1.29, 1.82) is 0 Å². The van der Waals surface area contributed by atoms with Crippen LogP contribution in [0.25, 0.3) is 0 Å². The van der Waals surface area contributed by atoms with E-state index in [4.69, 9.17) is 0 Å². The molecule has 1 heterocycles. The molecule has 0 aromatic rings. The van der Waals surface area contributed by atoms with Gasteiger partial charge in [-0.2, -0.15) is 0 Å². The van der Waals surface area contributed by atoms with E-state index >= 15 is 0 Å². The van der Waals surface area contributed by atoms with Gasteiger partial charge in [0.25, 0.3) is 0 Å². The van der Waals surface area contributed by atoms with E-state index in [9.17, 15) is 9.90 Å². The molecule has 4 nitrogen and oxygen atoms in total. The fourth-order valence-electron chi connectivity index (χ4n) is 3.47. The average molecular weight is 254 g/mol. The van der Waals surface area contributed by atoms with Crippen LogP contribution >= 0.6 is 0 Å². The van der Waals surface area contributed by atoms with Crippen molar-refractivity contribution in [1.82, 2.24) is 10.2 Å². The van der Waals surface area contributed by atoms with E-state index in [0.29, 0.717) is 24.9 Å². The summed E-state index contributed by atoms with van der Waals surface area (Å²) in [6.07, 6.45) is 3.70. The second-order valence-corrected chi connectivity index (χ2v) is 6.41. The van der Waals surface area contributed by atoms with Crippen molar-refractivity contribution in [3.63, 3.8) is 0 Å². The minimum Gasteiger partial charge on any atom is -0.389 e. The highest BCUT2D eigenvalue weighted by Crippen LogP contribution is 2.38. The maximum Gasteiger partial charge on any atom is 0.240 e. The topological polar surface area (TPSA) is 52.6 Å². The molecule has 1 aliphatic carbocycles. The Hall–Kier alpha value is -0.610. The third kappa shape index (κ3) is 2.86. The second-order valence-electron chi connectivity index (χ2n) is 6.41. The summed E-state index contributed by atoms with van der Waals surface area (Å²) in [5, 5.41) is 13.3. The molecule has 1 aliphatic heterocycles. The van der Waals surface area contributed by atoms with Gasteiger partial charge in [0.15, 0.2) is 0 Å². The van der Waals surface area contributed by atoms with Gasteiger partial charge in [-0.05, 0) is 52.0 Å². The van der Waals surface area contributed by atoms with Crippen LogP contribution in [0.3, 0.4) is 0 Å². The smallest absolute Gasteiger partial charge is 0.240 e. The second kappa shape index (κ2) is 5.17. The van der Waals surface area contributed by atoms with E-state index in [-0.39, 0.29) is 11.9 Å². The summed E-state index contributed by atoms with van der Waals surface area (Å²) < 4.78 is 0. The van der Waals surface area contributed by atoms with Gasteiger partial charge in [0.2, 0.25) is 5.91 Å². The van der Waals surface area contributed by atoms with Crippen LogP contribution in [-0.2, 0) is 4.79 Å². The first kappa shape index (κ1) is 13.8. The molecular weight excluding hydrogens is 228 g/mol. The number of aliphatic hydroxyl groups is 1. The number of hydrogen-bond acceptors (Lipinski definition) is 3. The van der Waals surface area contributed by atoms with Crippen molar-refractivity contribution in [3.8, 4) is 0 Å². The highest BCUT2D eigenvalue weighted by molar-refractivity contribution is 5.82. The highest BCUT2D eigenvalue weighted by Gasteiger charge is 2.43. The highest BCUT2D eigenvalue weighted by atomic mass is 16.3. The fraction of sp³-hybridized carbons (Fsp3) is 0.929. The average Bonchev–Trinajstić information content (AvgIpc) is 2.85. The van der Waals surface area contributed by atoms with E-state index in [1.807, 2.05) is 6.92 Å². The number of rotatable bonds is 4. The fourth-order valence-corrected chi connectivity index (χ4v) is 3.47. The third-order valence-corrected chi connectivity index (χ3v) is 4.28. The predicted octanol–water partition coefficient (Wildman–Crippen LogP) is 0.994. The van der Waals surface area contributed by atoms with Crippen molar-refractivity contribution >= 4 is 5.91 Å². The van der Waals surface area contributed by atoms with E-state index in [1.54, 1.807) is 18.7 Å². The Morgan fingerprint density at radius 1 is 1.44 bits per heavy atom. The van der Waals surface area contributed by atoms with Crippen molar-refractivity contribution in [2.45, 2.75) is 51.7 Å². The van der Waals surface area contributed by atoms with Gasteiger partial charge in [0.05, 0.1) is 11.6 Å². The van der Waals surface area contributed by atoms with Crippen LogP contribution in [0.15, 0.2) is 0 Å². The van der Waals surface area contributed by atoms with Crippen LogP contribution in [0.1, 0.15) is 40.0 Å². The summed E-state index contributed by atoms with van der Waals surface area (Å²) in [5.74, 6) is 1.39. The Kier molecular flexibility index (Phi) is 3.97. The van der Waals surface area contributed by atoms with Crippen LogP contribution in [0.5, 0.6) is 0 Å². The molecule has 2 N–H and O–H groups in total. The number of fused-ring (bicyclic) bond motifs is 1. The maximum atomic E-state index is 12.5. The molecule has 0 spiro atoms. The maximum absolute atomic E-state index is 12.5. The lowest BCUT2D eigenvalue weighted by molar-refractivity contribution is -0.136. The van der Waals surface area contributed by atoms with Crippen LogP contribution in [0.2, 0.25) is 0 Å². The first-order chi connectivity index (χ1) is 8.42. The Balaban J connectivity index is 2.01. The molecule has 2 rings (SSSR count). The zero-order valence-corrected chi connectivity index (χ0v) is 11.8. The van der Waals surface area contributed by atoms with Gasteiger partial charge >= 0.3 is 0 Å². The number of hydrogen-bond donors (Lipinski definition) is 2. The number of carbonyl (C=O) groups is 1. The summed E-state index contributed by atoms with van der Waals surface area (Å²) in [6, 6.07) is -0.0141. The predicted molar refractivity (Wildman–Crippen MR) is 71.2 cm³/mol. The van der Waals surface area contributed by atoms with Crippen LogP contribution in [0.4, 0.5) is 0 Å². The van der Waals surface area contributed by atoms with Crippen LogP contribution < -0.4 is 5.32 Å². The summed E-state index contributed by atoms with van der Waals surface area (Å²) in [4.78, 5) is 14.3. The first-order valence-electron chi connectivity index (χ1n) is 7.17. The normalized spacial score (nSPS) is 31.4. The lowest BCUT2D eigenvalue weighted by Gasteiger charge is -2.31. The largest absolute Gasteiger partial charge is 0.389 e. The molecule has 1 amide bonds. The van der Waals surface area contributed by atoms with E-state index in [0.717, 1.165) is 6.54 Å². The number of carbonyl (C=O) groups excluding carboxylic acids is 1. The zero-order valence-electron chi connectivity index (χ0n) is 11.8. The van der Waals surface area contributed by atoms with Crippen LogP contribution in [-0.4, -0.2) is 47.2 Å². The number of likely N-dealkylation sites (N-methyl/N-ethyl adjacent to an activating group) is 1. The van der Waals surface area contributed by atoms with Crippen molar-refractivity contribution < 1.29 is 9.90 Å². The SMILES string of the molecule is CCN(CC(C)(C)O)C(=O)C1NCC2CCCC21. The standard InChI is InChI=1S/C14H26N2O2/c1-4-16(9-14(2,3)18)13(17)12-11-7-5-6-10(11)8-15-12/h10-12,15,18H,4-9H2,1-3H3. The van der Waals surface area contributed by atoms with Gasteiger partial charge in [0.1, 0.15) is 0 Å². The molecule has 0 radical (unpaired) electrons. The van der Waals surface area contributed by atoms with Crippen molar-refractivity contribution in [2.24, 2.45) is 11.8 Å². The third-order valence-electron chi connectivity index (χ3n) is 4.28. The molecule has 18 heavy (non-hydrogen) atoms. The summed E-state index contributed by atoms with van der Waals surface area (Å²) in [5.41, 5.74) is -0.820. The molecule has 1 saturated carbocycles. The number of nitrogens with zero attached hydrogens (tertiary/aromatic N) is 1. The zero-order chi connectivity index (χ0) is 13.3. The van der Waals surface area contributed by atoms with E-state index in [1.165, 1.54) is 19.3 Å².